The molecule has 0 aliphatic carbocycles. The van der Waals surface area contributed by atoms with Crippen LogP contribution in [0.3, 0.4) is 0 Å². The van der Waals surface area contributed by atoms with Crippen LogP contribution >= 0.6 is 0 Å². The molecule has 26 heavy (non-hydrogen) atoms. The second kappa shape index (κ2) is 8.45. The SMILES string of the molecule is CC(C)c1nccn1[C@H](C)C(=O)NC1CCN(Cc2ccccn2)CC1. The van der Waals surface area contributed by atoms with E-state index in [1.54, 1.807) is 6.20 Å². The van der Waals surface area contributed by atoms with Gasteiger partial charge in [0.25, 0.3) is 0 Å². The quantitative estimate of drug-likeness (QED) is 0.865. The Bertz CT molecular complexity index is 704. The van der Waals surface area contributed by atoms with Gasteiger partial charge < -0.3 is 9.88 Å². The van der Waals surface area contributed by atoms with Gasteiger partial charge >= 0.3 is 0 Å². The number of amides is 1. The molecule has 6 heteroatoms. The molecule has 1 atom stereocenters. The normalized spacial score (nSPS) is 17.4. The van der Waals surface area contributed by atoms with Gasteiger partial charge in [-0.25, -0.2) is 4.98 Å². The van der Waals surface area contributed by atoms with E-state index >= 15 is 0 Å². The lowest BCUT2D eigenvalue weighted by molar-refractivity contribution is -0.125. The molecule has 0 spiro atoms. The van der Waals surface area contributed by atoms with E-state index in [9.17, 15) is 4.79 Å². The number of imidazole rings is 1. The molecule has 0 radical (unpaired) electrons. The van der Waals surface area contributed by atoms with Crippen LogP contribution in [-0.4, -0.2) is 44.5 Å². The predicted octanol–water partition coefficient (Wildman–Crippen LogP) is 2.74. The summed E-state index contributed by atoms with van der Waals surface area (Å²) in [6.45, 7) is 8.99. The second-order valence-electron chi connectivity index (χ2n) is 7.40. The summed E-state index contributed by atoms with van der Waals surface area (Å²) < 4.78 is 1.98. The van der Waals surface area contributed by atoms with Gasteiger partial charge in [0.15, 0.2) is 0 Å². The summed E-state index contributed by atoms with van der Waals surface area (Å²) in [7, 11) is 0. The monoisotopic (exact) mass is 355 g/mol. The van der Waals surface area contributed by atoms with E-state index < -0.39 is 0 Å². The van der Waals surface area contributed by atoms with Gasteiger partial charge in [0.1, 0.15) is 11.9 Å². The maximum Gasteiger partial charge on any atom is 0.243 e. The van der Waals surface area contributed by atoms with Gasteiger partial charge in [-0.2, -0.15) is 0 Å². The first-order valence-corrected chi connectivity index (χ1v) is 9.50. The van der Waals surface area contributed by atoms with Crippen molar-refractivity contribution >= 4 is 5.91 Å². The molecule has 3 heterocycles. The highest BCUT2D eigenvalue weighted by Gasteiger charge is 2.25. The summed E-state index contributed by atoms with van der Waals surface area (Å²) in [4.78, 5) is 23.9. The van der Waals surface area contributed by atoms with Crippen molar-refractivity contribution in [2.24, 2.45) is 0 Å². The third-order valence-electron chi connectivity index (χ3n) is 5.06. The first-order chi connectivity index (χ1) is 12.5. The molecule has 1 fully saturated rings. The highest BCUT2D eigenvalue weighted by atomic mass is 16.2. The number of aromatic nitrogens is 3. The summed E-state index contributed by atoms with van der Waals surface area (Å²) in [5.41, 5.74) is 1.10. The molecule has 0 saturated carbocycles. The molecular formula is C20H29N5O. The molecule has 3 rings (SSSR count). The van der Waals surface area contributed by atoms with Crippen LogP contribution in [0.5, 0.6) is 0 Å². The Labute approximate surface area is 155 Å². The first-order valence-electron chi connectivity index (χ1n) is 9.50. The van der Waals surface area contributed by atoms with Crippen LogP contribution in [0.2, 0.25) is 0 Å². The zero-order chi connectivity index (χ0) is 18.5. The average molecular weight is 355 g/mol. The van der Waals surface area contributed by atoms with Gasteiger partial charge in [-0.05, 0) is 31.9 Å². The Hall–Kier alpha value is -2.21. The molecule has 1 N–H and O–H groups in total. The molecule has 1 aliphatic rings. The fraction of sp³-hybridized carbons (Fsp3) is 0.550. The second-order valence-corrected chi connectivity index (χ2v) is 7.40. The van der Waals surface area contributed by atoms with E-state index in [1.807, 2.05) is 36.0 Å². The third kappa shape index (κ3) is 4.49. The topological polar surface area (TPSA) is 63.1 Å². The fourth-order valence-electron chi connectivity index (χ4n) is 3.50. The summed E-state index contributed by atoms with van der Waals surface area (Å²) in [6, 6.07) is 6.04. The lowest BCUT2D eigenvalue weighted by Gasteiger charge is -2.32. The van der Waals surface area contributed by atoms with Crippen molar-refractivity contribution in [1.29, 1.82) is 0 Å². The number of likely N-dealkylation sites (tertiary alicyclic amines) is 1. The summed E-state index contributed by atoms with van der Waals surface area (Å²) in [5, 5.41) is 3.23. The Morgan fingerprint density at radius 3 is 2.62 bits per heavy atom. The van der Waals surface area contributed by atoms with Crippen LogP contribution in [-0.2, 0) is 11.3 Å². The van der Waals surface area contributed by atoms with Crippen molar-refractivity contribution < 1.29 is 4.79 Å². The smallest absolute Gasteiger partial charge is 0.243 e. The van der Waals surface area contributed by atoms with Crippen molar-refractivity contribution in [2.75, 3.05) is 13.1 Å². The molecule has 2 aromatic rings. The van der Waals surface area contributed by atoms with Crippen LogP contribution in [0.25, 0.3) is 0 Å². The first kappa shape index (κ1) is 18.6. The van der Waals surface area contributed by atoms with Crippen LogP contribution in [0.4, 0.5) is 0 Å². The Kier molecular flexibility index (Phi) is 6.04. The standard InChI is InChI=1S/C20H29N5O/c1-15(2)19-22-10-13-25(19)16(3)20(26)23-17-7-11-24(12-8-17)14-18-6-4-5-9-21-18/h4-6,9-10,13,15-17H,7-8,11-12,14H2,1-3H3,(H,23,26)/t16-/m1/s1. The number of rotatable bonds is 6. The number of hydrogen-bond donors (Lipinski definition) is 1. The fourth-order valence-corrected chi connectivity index (χ4v) is 3.50. The van der Waals surface area contributed by atoms with Gasteiger partial charge in [0, 0.05) is 50.2 Å². The molecule has 0 bridgehead atoms. The van der Waals surface area contributed by atoms with E-state index in [1.165, 1.54) is 0 Å². The molecule has 1 amide bonds. The largest absolute Gasteiger partial charge is 0.351 e. The molecule has 1 saturated heterocycles. The van der Waals surface area contributed by atoms with Gasteiger partial charge in [0.05, 0.1) is 5.69 Å². The number of pyridine rings is 1. The van der Waals surface area contributed by atoms with Gasteiger partial charge in [0.2, 0.25) is 5.91 Å². The molecule has 140 valence electrons. The molecule has 0 aromatic carbocycles. The predicted molar refractivity (Wildman–Crippen MR) is 102 cm³/mol. The van der Waals surface area contributed by atoms with E-state index in [0.717, 1.165) is 44.0 Å². The Balaban J connectivity index is 1.49. The Morgan fingerprint density at radius 1 is 1.19 bits per heavy atom. The summed E-state index contributed by atoms with van der Waals surface area (Å²) >= 11 is 0. The van der Waals surface area contributed by atoms with Crippen molar-refractivity contribution in [3.05, 3.63) is 48.3 Å². The number of carbonyl (C=O) groups is 1. The zero-order valence-electron chi connectivity index (χ0n) is 15.9. The van der Waals surface area contributed by atoms with Crippen LogP contribution < -0.4 is 5.32 Å². The van der Waals surface area contributed by atoms with Gasteiger partial charge in [-0.1, -0.05) is 19.9 Å². The molecule has 6 nitrogen and oxygen atoms in total. The van der Waals surface area contributed by atoms with Crippen molar-refractivity contribution in [3.63, 3.8) is 0 Å². The van der Waals surface area contributed by atoms with Crippen molar-refractivity contribution in [1.82, 2.24) is 24.8 Å². The summed E-state index contributed by atoms with van der Waals surface area (Å²) in [5.74, 6) is 1.33. The maximum absolute atomic E-state index is 12.7. The minimum atomic E-state index is -0.235. The van der Waals surface area contributed by atoms with Crippen LogP contribution in [0.1, 0.15) is 57.1 Å². The number of nitrogens with one attached hydrogen (secondary N) is 1. The van der Waals surface area contributed by atoms with E-state index in [4.69, 9.17) is 0 Å². The van der Waals surface area contributed by atoms with Crippen molar-refractivity contribution in [2.45, 2.75) is 58.2 Å². The highest BCUT2D eigenvalue weighted by molar-refractivity contribution is 5.80. The third-order valence-corrected chi connectivity index (χ3v) is 5.06. The van der Waals surface area contributed by atoms with Crippen molar-refractivity contribution in [3.8, 4) is 0 Å². The summed E-state index contributed by atoms with van der Waals surface area (Å²) in [6.07, 6.45) is 7.47. The molecular weight excluding hydrogens is 326 g/mol. The average Bonchev–Trinajstić information content (AvgIpc) is 3.13. The van der Waals surface area contributed by atoms with Gasteiger partial charge in [-0.3, -0.25) is 14.7 Å². The minimum Gasteiger partial charge on any atom is -0.351 e. The molecule has 0 unspecified atom stereocenters. The lowest BCUT2D eigenvalue weighted by Crippen LogP contribution is -2.46. The number of hydrogen-bond acceptors (Lipinski definition) is 4. The lowest BCUT2D eigenvalue weighted by atomic mass is 10.0. The van der Waals surface area contributed by atoms with Gasteiger partial charge in [-0.15, -0.1) is 0 Å². The van der Waals surface area contributed by atoms with E-state index in [2.05, 4.69) is 40.1 Å². The minimum absolute atomic E-state index is 0.0769. The highest BCUT2D eigenvalue weighted by Crippen LogP contribution is 2.18. The number of carbonyl (C=O) groups excluding carboxylic acids is 1. The van der Waals surface area contributed by atoms with Crippen LogP contribution in [0, 0.1) is 0 Å². The molecule has 2 aromatic heterocycles. The van der Waals surface area contributed by atoms with E-state index in [0.29, 0.717) is 5.92 Å². The maximum atomic E-state index is 12.7. The number of piperidine rings is 1. The molecule has 1 aliphatic heterocycles. The number of nitrogens with zero attached hydrogens (tertiary/aromatic N) is 4. The zero-order valence-corrected chi connectivity index (χ0v) is 15.9. The van der Waals surface area contributed by atoms with Crippen LogP contribution in [0.15, 0.2) is 36.8 Å². The van der Waals surface area contributed by atoms with E-state index in [-0.39, 0.29) is 18.0 Å². The Morgan fingerprint density at radius 2 is 1.96 bits per heavy atom.